The predicted octanol–water partition coefficient (Wildman–Crippen LogP) is 4.05. The van der Waals surface area contributed by atoms with Crippen LogP contribution in [0.3, 0.4) is 0 Å². The van der Waals surface area contributed by atoms with Gasteiger partial charge in [-0.15, -0.1) is 24.0 Å². The number of nitrogens with zero attached hydrogens (tertiary/aromatic N) is 3. The first-order valence-electron chi connectivity index (χ1n) is 10.8. The summed E-state index contributed by atoms with van der Waals surface area (Å²) in [6.07, 6.45) is 7.80. The molecule has 1 aliphatic carbocycles. The Balaban J connectivity index is 0.00000392. The molecule has 0 aromatic carbocycles. The van der Waals surface area contributed by atoms with Crippen LogP contribution in [-0.2, 0) is 11.3 Å². The number of rotatable bonds is 11. The highest BCUT2D eigenvalue weighted by Gasteiger charge is 2.25. The van der Waals surface area contributed by atoms with Gasteiger partial charge in [0.05, 0.1) is 11.8 Å². The van der Waals surface area contributed by atoms with Crippen LogP contribution in [0.4, 0.5) is 0 Å². The molecule has 2 rings (SSSR count). The molecule has 1 saturated carbocycles. The van der Waals surface area contributed by atoms with Crippen molar-refractivity contribution in [3.8, 4) is 0 Å². The van der Waals surface area contributed by atoms with Gasteiger partial charge in [0.1, 0.15) is 0 Å². The molecule has 0 radical (unpaired) electrons. The fourth-order valence-electron chi connectivity index (χ4n) is 3.99. The number of guanidine groups is 1. The highest BCUT2D eigenvalue weighted by atomic mass is 127. The van der Waals surface area contributed by atoms with E-state index in [4.69, 9.17) is 9.73 Å². The number of halogens is 1. The summed E-state index contributed by atoms with van der Waals surface area (Å²) in [5.74, 6) is 1.65. The standard InChI is InChI=1S/C21H39N5O.HI/c1-5-22-21(23-13-9-15-26-18(4)16-17(3)25-26)24-14-12-20(27-6-2)19-10-7-8-11-19;/h16,19-20H,5-15H2,1-4H3,(H2,22,23,24);1H. The van der Waals surface area contributed by atoms with Gasteiger partial charge in [0.15, 0.2) is 5.96 Å². The van der Waals surface area contributed by atoms with Crippen LogP contribution in [0.2, 0.25) is 0 Å². The van der Waals surface area contributed by atoms with E-state index in [0.29, 0.717) is 6.10 Å². The summed E-state index contributed by atoms with van der Waals surface area (Å²) in [4.78, 5) is 4.72. The molecular formula is C21H40IN5O. The summed E-state index contributed by atoms with van der Waals surface area (Å²) in [5, 5.41) is 11.3. The van der Waals surface area contributed by atoms with Crippen molar-refractivity contribution in [2.75, 3.05) is 26.2 Å². The summed E-state index contributed by atoms with van der Waals surface area (Å²) in [7, 11) is 0. The topological polar surface area (TPSA) is 63.5 Å². The molecule has 6 nitrogen and oxygen atoms in total. The van der Waals surface area contributed by atoms with Crippen molar-refractivity contribution in [1.29, 1.82) is 0 Å². The van der Waals surface area contributed by atoms with Gasteiger partial charge in [-0.05, 0) is 65.4 Å². The number of hydrogen-bond acceptors (Lipinski definition) is 3. The quantitative estimate of drug-likeness (QED) is 0.206. The van der Waals surface area contributed by atoms with Crippen molar-refractivity contribution < 1.29 is 4.74 Å². The number of hydrogen-bond donors (Lipinski definition) is 2. The van der Waals surface area contributed by atoms with Crippen LogP contribution in [0.1, 0.15) is 63.8 Å². The predicted molar refractivity (Wildman–Crippen MR) is 128 cm³/mol. The summed E-state index contributed by atoms with van der Waals surface area (Å²) in [6, 6.07) is 2.12. The van der Waals surface area contributed by atoms with E-state index in [1.807, 2.05) is 6.92 Å². The molecule has 28 heavy (non-hydrogen) atoms. The van der Waals surface area contributed by atoms with Crippen molar-refractivity contribution in [3.63, 3.8) is 0 Å². The zero-order valence-electron chi connectivity index (χ0n) is 18.2. The summed E-state index contributed by atoms with van der Waals surface area (Å²) < 4.78 is 8.09. The van der Waals surface area contributed by atoms with Crippen LogP contribution in [0.25, 0.3) is 0 Å². The molecule has 0 spiro atoms. The molecule has 0 bridgehead atoms. The van der Waals surface area contributed by atoms with E-state index in [-0.39, 0.29) is 24.0 Å². The fraction of sp³-hybridized carbons (Fsp3) is 0.810. The Morgan fingerprint density at radius 1 is 1.29 bits per heavy atom. The molecule has 1 atom stereocenters. The lowest BCUT2D eigenvalue weighted by molar-refractivity contribution is 0.0169. The average Bonchev–Trinajstić information content (AvgIpc) is 3.27. The first-order valence-corrected chi connectivity index (χ1v) is 10.8. The second kappa shape index (κ2) is 14.2. The van der Waals surface area contributed by atoms with Gasteiger partial charge in [0.2, 0.25) is 0 Å². The Morgan fingerprint density at radius 2 is 2.04 bits per heavy atom. The van der Waals surface area contributed by atoms with Crippen LogP contribution < -0.4 is 10.6 Å². The molecular weight excluding hydrogens is 465 g/mol. The van der Waals surface area contributed by atoms with Gasteiger partial charge in [-0.3, -0.25) is 9.67 Å². The fourth-order valence-corrected chi connectivity index (χ4v) is 3.99. The smallest absolute Gasteiger partial charge is 0.191 e. The summed E-state index contributed by atoms with van der Waals surface area (Å²) >= 11 is 0. The number of aliphatic imine (C=N–C) groups is 1. The molecule has 7 heteroatoms. The monoisotopic (exact) mass is 505 g/mol. The van der Waals surface area contributed by atoms with Gasteiger partial charge in [-0.2, -0.15) is 5.10 Å². The van der Waals surface area contributed by atoms with Crippen LogP contribution in [0, 0.1) is 19.8 Å². The normalized spacial score (nSPS) is 16.1. The van der Waals surface area contributed by atoms with Crippen LogP contribution in [-0.4, -0.2) is 48.1 Å². The minimum Gasteiger partial charge on any atom is -0.378 e. The maximum Gasteiger partial charge on any atom is 0.191 e. The number of aromatic nitrogens is 2. The van der Waals surface area contributed by atoms with Crippen molar-refractivity contribution >= 4 is 29.9 Å². The van der Waals surface area contributed by atoms with E-state index < -0.39 is 0 Å². The van der Waals surface area contributed by atoms with Crippen LogP contribution >= 0.6 is 24.0 Å². The van der Waals surface area contributed by atoms with Gasteiger partial charge < -0.3 is 15.4 Å². The summed E-state index contributed by atoms with van der Waals surface area (Å²) in [6.45, 7) is 12.6. The largest absolute Gasteiger partial charge is 0.378 e. The maximum atomic E-state index is 6.02. The Bertz CT molecular complexity index is 569. The van der Waals surface area contributed by atoms with Crippen molar-refractivity contribution in [3.05, 3.63) is 17.5 Å². The molecule has 1 aromatic rings. The van der Waals surface area contributed by atoms with Gasteiger partial charge in [0, 0.05) is 38.5 Å². The first-order chi connectivity index (χ1) is 13.1. The van der Waals surface area contributed by atoms with Crippen molar-refractivity contribution in [1.82, 2.24) is 20.4 Å². The molecule has 1 aliphatic rings. The maximum absolute atomic E-state index is 6.02. The Morgan fingerprint density at radius 3 is 2.64 bits per heavy atom. The van der Waals surface area contributed by atoms with Gasteiger partial charge >= 0.3 is 0 Å². The number of aryl methyl sites for hydroxylation is 3. The van der Waals surface area contributed by atoms with Gasteiger partial charge in [0.25, 0.3) is 0 Å². The third-order valence-corrected chi connectivity index (χ3v) is 5.27. The van der Waals surface area contributed by atoms with E-state index >= 15 is 0 Å². The summed E-state index contributed by atoms with van der Waals surface area (Å²) in [5.41, 5.74) is 2.30. The zero-order chi connectivity index (χ0) is 19.5. The highest BCUT2D eigenvalue weighted by molar-refractivity contribution is 14.0. The molecule has 0 saturated heterocycles. The van der Waals surface area contributed by atoms with E-state index in [1.54, 1.807) is 0 Å². The van der Waals surface area contributed by atoms with E-state index in [2.05, 4.69) is 47.3 Å². The molecule has 2 N–H and O–H groups in total. The molecule has 162 valence electrons. The van der Waals surface area contributed by atoms with Gasteiger partial charge in [-0.25, -0.2) is 0 Å². The minimum atomic E-state index is 0. The third-order valence-electron chi connectivity index (χ3n) is 5.27. The van der Waals surface area contributed by atoms with Crippen molar-refractivity contribution in [2.45, 2.75) is 78.9 Å². The molecule has 0 aliphatic heterocycles. The highest BCUT2D eigenvalue weighted by Crippen LogP contribution is 2.30. The lowest BCUT2D eigenvalue weighted by Crippen LogP contribution is -2.39. The van der Waals surface area contributed by atoms with Crippen LogP contribution in [0.15, 0.2) is 11.1 Å². The lowest BCUT2D eigenvalue weighted by atomic mass is 9.98. The minimum absolute atomic E-state index is 0. The number of nitrogens with one attached hydrogen (secondary N) is 2. The molecule has 1 unspecified atom stereocenters. The molecule has 1 fully saturated rings. The Hall–Kier alpha value is -0.830. The van der Waals surface area contributed by atoms with Crippen LogP contribution in [0.5, 0.6) is 0 Å². The zero-order valence-corrected chi connectivity index (χ0v) is 20.5. The van der Waals surface area contributed by atoms with Gasteiger partial charge in [-0.1, -0.05) is 12.8 Å². The molecule has 0 amide bonds. The molecule has 1 heterocycles. The number of ether oxygens (including phenoxy) is 1. The van der Waals surface area contributed by atoms with E-state index in [9.17, 15) is 0 Å². The Labute approximate surface area is 188 Å². The first kappa shape index (κ1) is 25.2. The second-order valence-corrected chi connectivity index (χ2v) is 7.52. The third kappa shape index (κ3) is 8.68. The Kier molecular flexibility index (Phi) is 12.8. The lowest BCUT2D eigenvalue weighted by Gasteiger charge is -2.24. The SMILES string of the molecule is CCNC(=NCCCn1nc(C)cc1C)NCCC(OCC)C1CCCC1.I. The van der Waals surface area contributed by atoms with Crippen molar-refractivity contribution in [2.24, 2.45) is 10.9 Å². The molecule has 1 aromatic heterocycles. The van der Waals surface area contributed by atoms with E-state index in [1.165, 1.54) is 31.4 Å². The van der Waals surface area contributed by atoms with E-state index in [0.717, 1.165) is 63.2 Å². The average molecular weight is 505 g/mol. The second-order valence-electron chi connectivity index (χ2n) is 7.52.